The molecule has 0 aromatic heterocycles. The van der Waals surface area contributed by atoms with Crippen LogP contribution >= 0.6 is 0 Å². The van der Waals surface area contributed by atoms with E-state index in [1.165, 1.54) is 0 Å². The van der Waals surface area contributed by atoms with E-state index >= 15 is 0 Å². The van der Waals surface area contributed by atoms with Crippen LogP contribution in [0.2, 0.25) is 0 Å². The summed E-state index contributed by atoms with van der Waals surface area (Å²) in [7, 11) is 3.39. The molecule has 0 fully saturated rings. The van der Waals surface area contributed by atoms with Gasteiger partial charge in [0.1, 0.15) is 5.75 Å². The number of carboxylic acids is 1. The summed E-state index contributed by atoms with van der Waals surface area (Å²) in [6.07, 6.45) is 0.658. The number of carboxylic acid groups (broad SMARTS) is 1. The van der Waals surface area contributed by atoms with Gasteiger partial charge < -0.3 is 14.7 Å². The molecule has 0 bridgehead atoms. The second kappa shape index (κ2) is 8.33. The van der Waals surface area contributed by atoms with Crippen molar-refractivity contribution in [3.8, 4) is 5.75 Å². The molecule has 2 rings (SSSR count). The zero-order valence-corrected chi connectivity index (χ0v) is 14.7. The Kier molecular flexibility index (Phi) is 6.17. The summed E-state index contributed by atoms with van der Waals surface area (Å²) in [5.74, 6) is -0.247. The molecule has 0 saturated heterocycles. The summed E-state index contributed by atoms with van der Waals surface area (Å²) >= 11 is 0. The van der Waals surface area contributed by atoms with Crippen LogP contribution in [0.4, 0.5) is 0 Å². The standard InChI is InChI=1S/C20H23NO4/c1-14(12-15-6-10-18(25-3)11-7-15)19(22)21(2)13-16-4-8-17(9-5-16)20(23)24/h4-11,14H,12-13H2,1-3H3,(H,23,24). The zero-order valence-electron chi connectivity index (χ0n) is 14.7. The van der Waals surface area contributed by atoms with Gasteiger partial charge in [-0.3, -0.25) is 4.79 Å². The van der Waals surface area contributed by atoms with E-state index < -0.39 is 5.97 Å². The van der Waals surface area contributed by atoms with Crippen molar-refractivity contribution in [2.75, 3.05) is 14.2 Å². The van der Waals surface area contributed by atoms with Crippen LogP contribution in [0.3, 0.4) is 0 Å². The fourth-order valence-electron chi connectivity index (χ4n) is 2.68. The van der Waals surface area contributed by atoms with E-state index in [1.54, 1.807) is 43.3 Å². The SMILES string of the molecule is COc1ccc(CC(C)C(=O)N(C)Cc2ccc(C(=O)O)cc2)cc1. The minimum absolute atomic E-state index is 0.0538. The zero-order chi connectivity index (χ0) is 18.4. The molecule has 0 radical (unpaired) electrons. The average Bonchev–Trinajstić information content (AvgIpc) is 2.62. The van der Waals surface area contributed by atoms with Crippen molar-refractivity contribution in [3.05, 3.63) is 65.2 Å². The number of carbonyl (C=O) groups excluding carboxylic acids is 1. The topological polar surface area (TPSA) is 66.8 Å². The highest BCUT2D eigenvalue weighted by Gasteiger charge is 2.18. The Hall–Kier alpha value is -2.82. The molecule has 0 aliphatic rings. The molecular formula is C20H23NO4. The van der Waals surface area contributed by atoms with Crippen LogP contribution in [0.15, 0.2) is 48.5 Å². The van der Waals surface area contributed by atoms with Crippen molar-refractivity contribution in [1.82, 2.24) is 4.90 Å². The van der Waals surface area contributed by atoms with Crippen LogP contribution < -0.4 is 4.74 Å². The molecule has 2 aromatic carbocycles. The van der Waals surface area contributed by atoms with Gasteiger partial charge >= 0.3 is 5.97 Å². The van der Waals surface area contributed by atoms with Gasteiger partial charge in [-0.05, 0) is 41.8 Å². The summed E-state index contributed by atoms with van der Waals surface area (Å²) in [5, 5.41) is 8.92. The largest absolute Gasteiger partial charge is 0.497 e. The first-order valence-electron chi connectivity index (χ1n) is 8.11. The maximum Gasteiger partial charge on any atom is 0.335 e. The van der Waals surface area contributed by atoms with Crippen LogP contribution in [0.5, 0.6) is 5.75 Å². The first-order valence-corrected chi connectivity index (χ1v) is 8.11. The second-order valence-electron chi connectivity index (χ2n) is 6.15. The molecule has 1 unspecified atom stereocenters. The van der Waals surface area contributed by atoms with Gasteiger partial charge in [0, 0.05) is 19.5 Å². The quantitative estimate of drug-likeness (QED) is 0.839. The Morgan fingerprint density at radius 3 is 2.12 bits per heavy atom. The predicted molar refractivity (Wildman–Crippen MR) is 95.7 cm³/mol. The highest BCUT2D eigenvalue weighted by molar-refractivity contribution is 5.87. The predicted octanol–water partition coefficient (Wildman–Crippen LogP) is 3.23. The Bertz CT molecular complexity index is 722. The fraction of sp³-hybridized carbons (Fsp3) is 0.300. The number of ether oxygens (including phenoxy) is 1. The van der Waals surface area contributed by atoms with E-state index in [1.807, 2.05) is 31.2 Å². The van der Waals surface area contributed by atoms with Crippen molar-refractivity contribution >= 4 is 11.9 Å². The van der Waals surface area contributed by atoms with Gasteiger partial charge in [0.25, 0.3) is 0 Å². The van der Waals surface area contributed by atoms with Gasteiger partial charge in [0.15, 0.2) is 0 Å². The maximum absolute atomic E-state index is 12.6. The molecule has 0 aliphatic heterocycles. The number of benzene rings is 2. The van der Waals surface area contributed by atoms with Crippen LogP contribution in [-0.2, 0) is 17.8 Å². The number of carbonyl (C=O) groups is 2. The number of methoxy groups -OCH3 is 1. The molecule has 1 N–H and O–H groups in total. The van der Waals surface area contributed by atoms with E-state index in [9.17, 15) is 9.59 Å². The Balaban J connectivity index is 1.94. The summed E-state index contributed by atoms with van der Waals surface area (Å²) in [6.45, 7) is 2.36. The van der Waals surface area contributed by atoms with Crippen LogP contribution in [0.25, 0.3) is 0 Å². The van der Waals surface area contributed by atoms with Gasteiger partial charge in [0.2, 0.25) is 5.91 Å². The van der Waals surface area contributed by atoms with Crippen LogP contribution in [-0.4, -0.2) is 36.0 Å². The van der Waals surface area contributed by atoms with Crippen molar-refractivity contribution in [3.63, 3.8) is 0 Å². The highest BCUT2D eigenvalue weighted by atomic mass is 16.5. The average molecular weight is 341 g/mol. The van der Waals surface area contributed by atoms with Crippen molar-refractivity contribution in [2.24, 2.45) is 5.92 Å². The van der Waals surface area contributed by atoms with E-state index in [4.69, 9.17) is 9.84 Å². The van der Waals surface area contributed by atoms with E-state index in [0.717, 1.165) is 16.9 Å². The van der Waals surface area contributed by atoms with Crippen molar-refractivity contribution in [1.29, 1.82) is 0 Å². The normalized spacial score (nSPS) is 11.6. The first-order chi connectivity index (χ1) is 11.9. The molecule has 5 heteroatoms. The number of hydrogen-bond acceptors (Lipinski definition) is 3. The van der Waals surface area contributed by atoms with Crippen LogP contribution in [0.1, 0.15) is 28.4 Å². The molecule has 2 aromatic rings. The summed E-state index contributed by atoms with van der Waals surface area (Å²) in [6, 6.07) is 14.3. The monoisotopic (exact) mass is 341 g/mol. The lowest BCUT2D eigenvalue weighted by atomic mass is 9.99. The number of amides is 1. The molecule has 1 atom stereocenters. The van der Waals surface area contributed by atoms with Gasteiger partial charge in [-0.25, -0.2) is 4.79 Å². The van der Waals surface area contributed by atoms with Crippen molar-refractivity contribution in [2.45, 2.75) is 19.9 Å². The summed E-state index contributed by atoms with van der Waals surface area (Å²) in [4.78, 5) is 25.1. The third-order valence-electron chi connectivity index (χ3n) is 4.12. The van der Waals surface area contributed by atoms with E-state index in [2.05, 4.69) is 0 Å². The molecule has 0 aliphatic carbocycles. The molecular weight excluding hydrogens is 318 g/mol. The molecule has 5 nitrogen and oxygen atoms in total. The first kappa shape index (κ1) is 18.5. The number of nitrogens with zero attached hydrogens (tertiary/aromatic N) is 1. The summed E-state index contributed by atoms with van der Waals surface area (Å²) < 4.78 is 5.14. The Labute approximate surface area is 147 Å². The maximum atomic E-state index is 12.6. The molecule has 0 spiro atoms. The molecule has 0 heterocycles. The Morgan fingerprint density at radius 2 is 1.60 bits per heavy atom. The van der Waals surface area contributed by atoms with Gasteiger partial charge in [-0.1, -0.05) is 31.2 Å². The third kappa shape index (κ3) is 5.08. The number of rotatable bonds is 7. The number of aromatic carboxylic acids is 1. The minimum Gasteiger partial charge on any atom is -0.497 e. The van der Waals surface area contributed by atoms with Gasteiger partial charge in [-0.15, -0.1) is 0 Å². The fourth-order valence-corrected chi connectivity index (χ4v) is 2.68. The van der Waals surface area contributed by atoms with Gasteiger partial charge in [-0.2, -0.15) is 0 Å². The molecule has 132 valence electrons. The number of hydrogen-bond donors (Lipinski definition) is 1. The minimum atomic E-state index is -0.955. The second-order valence-corrected chi connectivity index (χ2v) is 6.15. The van der Waals surface area contributed by atoms with Crippen molar-refractivity contribution < 1.29 is 19.4 Å². The lowest BCUT2D eigenvalue weighted by Crippen LogP contribution is -2.32. The third-order valence-corrected chi connectivity index (χ3v) is 4.12. The lowest BCUT2D eigenvalue weighted by molar-refractivity contribution is -0.134. The van der Waals surface area contributed by atoms with Gasteiger partial charge in [0.05, 0.1) is 12.7 Å². The molecule has 25 heavy (non-hydrogen) atoms. The molecule has 0 saturated carbocycles. The highest BCUT2D eigenvalue weighted by Crippen LogP contribution is 2.16. The van der Waals surface area contributed by atoms with E-state index in [-0.39, 0.29) is 17.4 Å². The summed E-state index contributed by atoms with van der Waals surface area (Å²) in [5.41, 5.74) is 2.23. The molecule has 1 amide bonds. The lowest BCUT2D eigenvalue weighted by Gasteiger charge is -2.22. The van der Waals surface area contributed by atoms with E-state index in [0.29, 0.717) is 13.0 Å². The Morgan fingerprint density at radius 1 is 1.04 bits per heavy atom. The van der Waals surface area contributed by atoms with Crippen LogP contribution in [0, 0.1) is 5.92 Å². The smallest absolute Gasteiger partial charge is 0.335 e.